The number of nitrogens with two attached hydrogens (primary N) is 1. The van der Waals surface area contributed by atoms with Crippen LogP contribution in [0.25, 0.3) is 0 Å². The second-order valence-corrected chi connectivity index (χ2v) is 4.46. The monoisotopic (exact) mass is 298 g/mol. The molecule has 110 valence electrons. The average Bonchev–Trinajstić information content (AvgIpc) is 2.67. The summed E-state index contributed by atoms with van der Waals surface area (Å²) in [5.74, 6) is 0.0225. The number of urea groups is 1. The van der Waals surface area contributed by atoms with Gasteiger partial charge in [0.05, 0.1) is 0 Å². The molecule has 1 saturated heterocycles. The first-order valence-electron chi connectivity index (χ1n) is 6.33. The molecule has 0 radical (unpaired) electrons. The zero-order valence-electron chi connectivity index (χ0n) is 11.1. The van der Waals surface area contributed by atoms with E-state index < -0.39 is 6.03 Å². The van der Waals surface area contributed by atoms with Gasteiger partial charge in [-0.05, 0) is 37.2 Å². The fourth-order valence-corrected chi connectivity index (χ4v) is 2.07. The van der Waals surface area contributed by atoms with Gasteiger partial charge in [0.15, 0.2) is 0 Å². The van der Waals surface area contributed by atoms with Crippen LogP contribution in [0.15, 0.2) is 24.3 Å². The number of nitrogens with zero attached hydrogens (tertiary/aromatic N) is 1. The molecule has 20 heavy (non-hydrogen) atoms. The van der Waals surface area contributed by atoms with Gasteiger partial charge in [-0.3, -0.25) is 4.79 Å². The number of benzene rings is 1. The van der Waals surface area contributed by atoms with Gasteiger partial charge in [0.2, 0.25) is 0 Å². The quantitative estimate of drug-likeness (QED) is 0.762. The Kier molecular flexibility index (Phi) is 6.27. The molecule has 1 aromatic carbocycles. The summed E-state index contributed by atoms with van der Waals surface area (Å²) in [4.78, 5) is 24.8. The fourth-order valence-electron chi connectivity index (χ4n) is 2.07. The summed E-state index contributed by atoms with van der Waals surface area (Å²) in [6, 6.07) is 6.14. The second-order valence-electron chi connectivity index (χ2n) is 4.46. The Balaban J connectivity index is 0.00000200. The largest absolute Gasteiger partial charge is 0.351 e. The third-order valence-corrected chi connectivity index (χ3v) is 3.03. The summed E-state index contributed by atoms with van der Waals surface area (Å²) < 4.78 is 0. The topological polar surface area (TPSA) is 87.5 Å². The van der Waals surface area contributed by atoms with Crippen molar-refractivity contribution in [1.29, 1.82) is 0 Å². The summed E-state index contributed by atoms with van der Waals surface area (Å²) in [7, 11) is 0. The van der Waals surface area contributed by atoms with Gasteiger partial charge in [0, 0.05) is 30.9 Å². The van der Waals surface area contributed by atoms with Crippen LogP contribution in [0, 0.1) is 0 Å². The van der Waals surface area contributed by atoms with Crippen molar-refractivity contribution >= 4 is 30.0 Å². The molecule has 0 unspecified atom stereocenters. The lowest BCUT2D eigenvalue weighted by Crippen LogP contribution is -2.34. The number of nitrogens with one attached hydrogen (secondary N) is 2. The number of hydrogen-bond donors (Lipinski definition) is 3. The van der Waals surface area contributed by atoms with Crippen LogP contribution < -0.4 is 16.4 Å². The van der Waals surface area contributed by atoms with Crippen LogP contribution in [0.1, 0.15) is 16.8 Å². The number of carbonyl (C=O) groups excluding carboxylic acids is 2. The summed E-state index contributed by atoms with van der Waals surface area (Å²) in [6.45, 7) is 3.27. The van der Waals surface area contributed by atoms with Gasteiger partial charge in [-0.25, -0.2) is 4.79 Å². The van der Waals surface area contributed by atoms with Crippen LogP contribution in [0.3, 0.4) is 0 Å². The lowest BCUT2D eigenvalue weighted by molar-refractivity contribution is 0.0766. The molecule has 4 N–H and O–H groups in total. The van der Waals surface area contributed by atoms with Crippen molar-refractivity contribution in [2.24, 2.45) is 5.73 Å². The molecule has 0 saturated carbocycles. The van der Waals surface area contributed by atoms with E-state index in [1.54, 1.807) is 24.3 Å². The molecule has 0 aliphatic carbocycles. The van der Waals surface area contributed by atoms with Crippen molar-refractivity contribution in [3.05, 3.63) is 29.8 Å². The number of hydrogen-bond acceptors (Lipinski definition) is 3. The zero-order chi connectivity index (χ0) is 13.7. The van der Waals surface area contributed by atoms with Gasteiger partial charge in [-0.15, -0.1) is 12.4 Å². The molecule has 1 fully saturated rings. The number of rotatable bonds is 2. The molecule has 6 nitrogen and oxygen atoms in total. The highest BCUT2D eigenvalue weighted by molar-refractivity contribution is 5.95. The molecule has 0 atom stereocenters. The van der Waals surface area contributed by atoms with Crippen molar-refractivity contribution in [1.82, 2.24) is 10.2 Å². The summed E-state index contributed by atoms with van der Waals surface area (Å²) in [5, 5.41) is 5.72. The predicted molar refractivity (Wildman–Crippen MR) is 80.3 cm³/mol. The molecule has 7 heteroatoms. The molecule has 0 spiro atoms. The number of amides is 3. The third-order valence-electron chi connectivity index (χ3n) is 3.03. The number of carbonyl (C=O) groups is 2. The van der Waals surface area contributed by atoms with E-state index in [0.29, 0.717) is 11.3 Å². The molecule has 0 bridgehead atoms. The molecule has 1 aliphatic rings. The van der Waals surface area contributed by atoms with E-state index in [1.165, 1.54) is 0 Å². The van der Waals surface area contributed by atoms with Crippen molar-refractivity contribution in [2.45, 2.75) is 6.42 Å². The van der Waals surface area contributed by atoms with Crippen LogP contribution in [0.5, 0.6) is 0 Å². The van der Waals surface area contributed by atoms with Gasteiger partial charge in [0.25, 0.3) is 5.91 Å². The normalized spacial score (nSPS) is 14.9. The van der Waals surface area contributed by atoms with Crippen LogP contribution in [-0.2, 0) is 0 Å². The molecule has 2 rings (SSSR count). The van der Waals surface area contributed by atoms with Gasteiger partial charge in [-0.1, -0.05) is 0 Å². The van der Waals surface area contributed by atoms with E-state index in [0.717, 1.165) is 32.6 Å². The molecule has 0 aromatic heterocycles. The molecule has 1 aromatic rings. The SMILES string of the molecule is Cl.NC(=O)Nc1ccc(C(=O)N2CCCNCC2)cc1. The predicted octanol–water partition coefficient (Wildman–Crippen LogP) is 1.03. The first kappa shape index (κ1) is 16.3. The van der Waals surface area contributed by atoms with Crippen LogP contribution in [0.4, 0.5) is 10.5 Å². The highest BCUT2D eigenvalue weighted by Gasteiger charge is 2.16. The van der Waals surface area contributed by atoms with Crippen molar-refractivity contribution in [3.63, 3.8) is 0 Å². The van der Waals surface area contributed by atoms with E-state index in [1.807, 2.05) is 4.90 Å². The Bertz CT molecular complexity index is 456. The van der Waals surface area contributed by atoms with Gasteiger partial charge in [0.1, 0.15) is 0 Å². The van der Waals surface area contributed by atoms with Gasteiger partial charge >= 0.3 is 6.03 Å². The smallest absolute Gasteiger partial charge is 0.316 e. The Hall–Kier alpha value is -1.79. The van der Waals surface area contributed by atoms with Gasteiger partial charge in [-0.2, -0.15) is 0 Å². The Morgan fingerprint density at radius 3 is 2.50 bits per heavy atom. The van der Waals surface area contributed by atoms with Crippen molar-refractivity contribution in [2.75, 3.05) is 31.5 Å². The fraction of sp³-hybridized carbons (Fsp3) is 0.385. The summed E-state index contributed by atoms with van der Waals surface area (Å²) in [5.41, 5.74) is 6.23. The molecule has 3 amide bonds. The summed E-state index contributed by atoms with van der Waals surface area (Å²) >= 11 is 0. The first-order valence-corrected chi connectivity index (χ1v) is 6.33. The minimum absolute atomic E-state index is 0. The second kappa shape index (κ2) is 7.72. The maximum absolute atomic E-state index is 12.3. The maximum atomic E-state index is 12.3. The Morgan fingerprint density at radius 1 is 1.15 bits per heavy atom. The first-order chi connectivity index (χ1) is 9.16. The zero-order valence-corrected chi connectivity index (χ0v) is 11.9. The highest BCUT2D eigenvalue weighted by atomic mass is 35.5. The maximum Gasteiger partial charge on any atom is 0.316 e. The van der Waals surface area contributed by atoms with E-state index in [9.17, 15) is 9.59 Å². The lowest BCUT2D eigenvalue weighted by Gasteiger charge is -2.20. The number of anilines is 1. The number of halogens is 1. The van der Waals surface area contributed by atoms with Crippen molar-refractivity contribution in [3.8, 4) is 0 Å². The molecular formula is C13H19ClN4O2. The minimum atomic E-state index is -0.613. The Labute approximate surface area is 124 Å². The van der Waals surface area contributed by atoms with Crippen LogP contribution >= 0.6 is 12.4 Å². The van der Waals surface area contributed by atoms with Gasteiger partial charge < -0.3 is 21.3 Å². The average molecular weight is 299 g/mol. The molecule has 1 aliphatic heterocycles. The standard InChI is InChI=1S/C13H18N4O2.ClH/c14-13(19)16-11-4-2-10(3-5-11)12(18)17-8-1-6-15-7-9-17;/h2-5,15H,1,6-9H2,(H3,14,16,19);1H. The highest BCUT2D eigenvalue weighted by Crippen LogP contribution is 2.12. The van der Waals surface area contributed by atoms with E-state index in [2.05, 4.69) is 10.6 Å². The van der Waals surface area contributed by atoms with Crippen LogP contribution in [0.2, 0.25) is 0 Å². The minimum Gasteiger partial charge on any atom is -0.351 e. The van der Waals surface area contributed by atoms with Crippen LogP contribution in [-0.4, -0.2) is 43.0 Å². The molecule has 1 heterocycles. The summed E-state index contributed by atoms with van der Waals surface area (Å²) in [6.07, 6.45) is 0.965. The Morgan fingerprint density at radius 2 is 1.85 bits per heavy atom. The van der Waals surface area contributed by atoms with Crippen molar-refractivity contribution < 1.29 is 9.59 Å². The number of primary amides is 1. The van der Waals surface area contributed by atoms with E-state index in [4.69, 9.17) is 5.73 Å². The lowest BCUT2D eigenvalue weighted by atomic mass is 10.1. The van der Waals surface area contributed by atoms with E-state index in [-0.39, 0.29) is 18.3 Å². The molecular weight excluding hydrogens is 280 g/mol. The van der Waals surface area contributed by atoms with E-state index >= 15 is 0 Å². The third kappa shape index (κ3) is 4.40.